The lowest BCUT2D eigenvalue weighted by atomic mass is 10.3. The summed E-state index contributed by atoms with van der Waals surface area (Å²) in [7, 11) is -3.86. The Kier molecular flexibility index (Phi) is 4.44. The first kappa shape index (κ1) is 13.9. The minimum Gasteiger partial charge on any atom is -0.395 e. The topological polar surface area (TPSA) is 83.6 Å². The van der Waals surface area contributed by atoms with Crippen molar-refractivity contribution in [1.82, 2.24) is 4.31 Å². The third-order valence-corrected chi connectivity index (χ3v) is 4.37. The van der Waals surface area contributed by atoms with E-state index in [0.29, 0.717) is 0 Å². The van der Waals surface area contributed by atoms with Crippen LogP contribution in [0.1, 0.15) is 6.92 Å². The first-order chi connectivity index (χ1) is 7.95. The van der Waals surface area contributed by atoms with Gasteiger partial charge in [-0.15, -0.1) is 0 Å². The van der Waals surface area contributed by atoms with Crippen molar-refractivity contribution in [2.75, 3.05) is 25.4 Å². The van der Waals surface area contributed by atoms with Gasteiger partial charge in [-0.1, -0.05) is 13.0 Å². The number of halogens is 1. The van der Waals surface area contributed by atoms with E-state index < -0.39 is 21.5 Å². The van der Waals surface area contributed by atoms with E-state index in [2.05, 4.69) is 0 Å². The summed E-state index contributed by atoms with van der Waals surface area (Å²) >= 11 is 0. The number of aliphatic hydroxyl groups is 1. The number of para-hydroxylation sites is 1. The molecule has 0 amide bonds. The quantitative estimate of drug-likeness (QED) is 0.753. The molecule has 0 unspecified atom stereocenters. The Morgan fingerprint density at radius 2 is 2.12 bits per heavy atom. The van der Waals surface area contributed by atoms with E-state index >= 15 is 0 Å². The fraction of sp³-hybridized carbons (Fsp3) is 0.400. The number of sulfonamides is 1. The molecule has 17 heavy (non-hydrogen) atoms. The molecule has 0 aliphatic rings. The molecule has 0 fully saturated rings. The molecule has 5 nitrogen and oxygen atoms in total. The summed E-state index contributed by atoms with van der Waals surface area (Å²) in [5.41, 5.74) is 5.01. The van der Waals surface area contributed by atoms with Crippen LogP contribution in [-0.2, 0) is 10.0 Å². The van der Waals surface area contributed by atoms with E-state index in [4.69, 9.17) is 10.8 Å². The number of likely N-dealkylation sites (N-methyl/N-ethyl adjacent to an activating group) is 1. The summed E-state index contributed by atoms with van der Waals surface area (Å²) in [6, 6.07) is 3.62. The maximum absolute atomic E-state index is 13.2. The maximum atomic E-state index is 13.2. The molecular formula is C10H15FN2O3S. The zero-order valence-corrected chi connectivity index (χ0v) is 10.2. The van der Waals surface area contributed by atoms with Crippen molar-refractivity contribution in [1.29, 1.82) is 0 Å². The zero-order chi connectivity index (χ0) is 13.1. The molecule has 1 aromatic carbocycles. The van der Waals surface area contributed by atoms with Gasteiger partial charge >= 0.3 is 0 Å². The summed E-state index contributed by atoms with van der Waals surface area (Å²) in [4.78, 5) is -0.271. The molecule has 0 radical (unpaired) electrons. The molecule has 0 saturated carbocycles. The molecule has 1 rings (SSSR count). The molecule has 0 atom stereocenters. The largest absolute Gasteiger partial charge is 0.395 e. The summed E-state index contributed by atoms with van der Waals surface area (Å²) in [6.45, 7) is 1.46. The average Bonchev–Trinajstić information content (AvgIpc) is 2.29. The van der Waals surface area contributed by atoms with Crippen molar-refractivity contribution < 1.29 is 17.9 Å². The Labute approximate surface area is 99.7 Å². The van der Waals surface area contributed by atoms with E-state index in [1.807, 2.05) is 0 Å². The van der Waals surface area contributed by atoms with Gasteiger partial charge in [-0.3, -0.25) is 0 Å². The van der Waals surface area contributed by atoms with Gasteiger partial charge in [-0.2, -0.15) is 4.31 Å². The summed E-state index contributed by atoms with van der Waals surface area (Å²) in [5.74, 6) is -0.772. The van der Waals surface area contributed by atoms with E-state index in [0.717, 1.165) is 10.4 Å². The smallest absolute Gasteiger partial charge is 0.245 e. The Bertz CT molecular complexity index is 490. The van der Waals surface area contributed by atoms with E-state index in [1.165, 1.54) is 12.1 Å². The van der Waals surface area contributed by atoms with Crippen molar-refractivity contribution >= 4 is 15.7 Å². The minimum atomic E-state index is -3.86. The third kappa shape index (κ3) is 2.74. The Morgan fingerprint density at radius 3 is 2.65 bits per heavy atom. The van der Waals surface area contributed by atoms with Crippen LogP contribution in [0, 0.1) is 5.82 Å². The maximum Gasteiger partial charge on any atom is 0.245 e. The van der Waals surface area contributed by atoms with Gasteiger partial charge < -0.3 is 10.8 Å². The summed E-state index contributed by atoms with van der Waals surface area (Å²) in [5, 5.41) is 8.79. The SMILES string of the molecule is CCN(CCO)S(=O)(=O)c1cccc(F)c1N. The highest BCUT2D eigenvalue weighted by Crippen LogP contribution is 2.24. The predicted molar refractivity (Wildman–Crippen MR) is 62.3 cm³/mol. The summed E-state index contributed by atoms with van der Waals surface area (Å²) < 4.78 is 38.4. The molecule has 0 saturated heterocycles. The zero-order valence-electron chi connectivity index (χ0n) is 9.43. The Hall–Kier alpha value is -1.18. The second kappa shape index (κ2) is 5.44. The highest BCUT2D eigenvalue weighted by molar-refractivity contribution is 7.89. The number of hydrogen-bond donors (Lipinski definition) is 2. The van der Waals surface area contributed by atoms with Gasteiger partial charge in [0.25, 0.3) is 0 Å². The molecule has 3 N–H and O–H groups in total. The number of anilines is 1. The molecular weight excluding hydrogens is 247 g/mol. The van der Waals surface area contributed by atoms with Crippen molar-refractivity contribution in [3.05, 3.63) is 24.0 Å². The van der Waals surface area contributed by atoms with Crippen LogP contribution < -0.4 is 5.73 Å². The van der Waals surface area contributed by atoms with Gasteiger partial charge in [0.2, 0.25) is 10.0 Å². The molecule has 0 aliphatic heterocycles. The molecule has 0 aromatic heterocycles. The van der Waals surface area contributed by atoms with Gasteiger partial charge in [0.05, 0.1) is 12.3 Å². The number of hydrogen-bond acceptors (Lipinski definition) is 4. The molecule has 0 aliphatic carbocycles. The fourth-order valence-electron chi connectivity index (χ4n) is 1.44. The number of nitrogens with zero attached hydrogens (tertiary/aromatic N) is 1. The number of rotatable bonds is 5. The van der Waals surface area contributed by atoms with Gasteiger partial charge in [0.15, 0.2) is 0 Å². The van der Waals surface area contributed by atoms with Crippen LogP contribution in [0.4, 0.5) is 10.1 Å². The van der Waals surface area contributed by atoms with Crippen LogP contribution in [0.2, 0.25) is 0 Å². The molecule has 0 heterocycles. The highest BCUT2D eigenvalue weighted by Gasteiger charge is 2.25. The van der Waals surface area contributed by atoms with Crippen molar-refractivity contribution in [2.45, 2.75) is 11.8 Å². The highest BCUT2D eigenvalue weighted by atomic mass is 32.2. The first-order valence-electron chi connectivity index (χ1n) is 5.10. The van der Waals surface area contributed by atoms with Crippen LogP contribution in [-0.4, -0.2) is 37.5 Å². The number of benzene rings is 1. The van der Waals surface area contributed by atoms with Gasteiger partial charge in [0.1, 0.15) is 10.7 Å². The first-order valence-corrected chi connectivity index (χ1v) is 6.54. The van der Waals surface area contributed by atoms with E-state index in [-0.39, 0.29) is 24.6 Å². The molecule has 96 valence electrons. The second-order valence-corrected chi connectivity index (χ2v) is 5.28. The fourth-order valence-corrected chi connectivity index (χ4v) is 3.01. The van der Waals surface area contributed by atoms with Crippen LogP contribution >= 0.6 is 0 Å². The second-order valence-electron chi connectivity index (χ2n) is 3.37. The van der Waals surface area contributed by atoms with Crippen LogP contribution in [0.25, 0.3) is 0 Å². The lowest BCUT2D eigenvalue weighted by Crippen LogP contribution is -2.33. The lowest BCUT2D eigenvalue weighted by Gasteiger charge is -2.20. The minimum absolute atomic E-state index is 0.0468. The van der Waals surface area contributed by atoms with Crippen LogP contribution in [0.5, 0.6) is 0 Å². The normalized spacial score (nSPS) is 12.0. The van der Waals surface area contributed by atoms with Crippen LogP contribution in [0.3, 0.4) is 0 Å². The predicted octanol–water partition coefficient (Wildman–Crippen LogP) is 0.411. The Balaban J connectivity index is 3.25. The monoisotopic (exact) mass is 262 g/mol. The molecule has 7 heteroatoms. The average molecular weight is 262 g/mol. The molecule has 0 spiro atoms. The van der Waals surface area contributed by atoms with E-state index in [1.54, 1.807) is 6.92 Å². The summed E-state index contributed by atoms with van der Waals surface area (Å²) in [6.07, 6.45) is 0. The number of nitrogens with two attached hydrogens (primary N) is 1. The van der Waals surface area contributed by atoms with E-state index in [9.17, 15) is 12.8 Å². The third-order valence-electron chi connectivity index (χ3n) is 2.33. The number of aliphatic hydroxyl groups excluding tert-OH is 1. The van der Waals surface area contributed by atoms with Crippen LogP contribution in [0.15, 0.2) is 23.1 Å². The lowest BCUT2D eigenvalue weighted by molar-refractivity contribution is 0.257. The van der Waals surface area contributed by atoms with Crippen molar-refractivity contribution in [3.8, 4) is 0 Å². The number of nitrogen functional groups attached to an aromatic ring is 1. The standard InChI is InChI=1S/C10H15FN2O3S/c1-2-13(6-7-14)17(15,16)9-5-3-4-8(11)10(9)12/h3-5,14H,2,6-7,12H2,1H3. The van der Waals surface area contributed by atoms with Gasteiger partial charge in [-0.25, -0.2) is 12.8 Å². The molecule has 0 bridgehead atoms. The molecule has 1 aromatic rings. The van der Waals surface area contributed by atoms with Gasteiger partial charge in [0, 0.05) is 13.1 Å². The Morgan fingerprint density at radius 1 is 1.47 bits per heavy atom. The van der Waals surface area contributed by atoms with Crippen molar-refractivity contribution in [3.63, 3.8) is 0 Å². The van der Waals surface area contributed by atoms with Crippen molar-refractivity contribution in [2.24, 2.45) is 0 Å². The van der Waals surface area contributed by atoms with Gasteiger partial charge in [-0.05, 0) is 12.1 Å².